The number of thiazole rings is 1. The number of para-hydroxylation sites is 1. The lowest BCUT2D eigenvalue weighted by Crippen LogP contribution is -2.34. The number of ether oxygens (including phenoxy) is 1. The Morgan fingerprint density at radius 3 is 2.69 bits per heavy atom. The third-order valence-corrected chi connectivity index (χ3v) is 6.08. The van der Waals surface area contributed by atoms with Gasteiger partial charge in [-0.1, -0.05) is 53.8 Å². The highest BCUT2D eigenvalue weighted by molar-refractivity contribution is 7.22. The summed E-state index contributed by atoms with van der Waals surface area (Å²) in [5.74, 6) is -0.0820. The van der Waals surface area contributed by atoms with Crippen molar-refractivity contribution >= 4 is 43.4 Å². The van der Waals surface area contributed by atoms with E-state index in [0.717, 1.165) is 16.3 Å². The Kier molecular flexibility index (Phi) is 5.47. The first-order valence-corrected chi connectivity index (χ1v) is 10.8. The normalized spacial score (nSPS) is 11.0. The molecule has 158 valence electrons. The number of halogens is 1. The largest absolute Gasteiger partial charge is 0.484 e. The Labute approximate surface area is 187 Å². The zero-order chi connectivity index (χ0) is 21.9. The van der Waals surface area contributed by atoms with Gasteiger partial charge in [0.1, 0.15) is 17.1 Å². The lowest BCUT2D eigenvalue weighted by Gasteiger charge is -2.20. The van der Waals surface area contributed by atoms with Crippen molar-refractivity contribution in [2.75, 3.05) is 11.5 Å². The van der Waals surface area contributed by atoms with Crippen LogP contribution < -0.4 is 9.64 Å². The maximum absolute atomic E-state index is 14.2. The first kappa shape index (κ1) is 20.1. The summed E-state index contributed by atoms with van der Waals surface area (Å²) in [5, 5.41) is 2.55. The number of hydrogen-bond donors (Lipinski definition) is 0. The number of nitrogens with zero attached hydrogens (tertiary/aromatic N) is 3. The van der Waals surface area contributed by atoms with Gasteiger partial charge in [-0.15, -0.1) is 0 Å². The second kappa shape index (κ2) is 8.72. The summed E-state index contributed by atoms with van der Waals surface area (Å²) in [7, 11) is 0. The molecule has 0 aliphatic carbocycles. The van der Waals surface area contributed by atoms with Crippen molar-refractivity contribution in [3.63, 3.8) is 0 Å². The van der Waals surface area contributed by atoms with Crippen molar-refractivity contribution < 1.29 is 13.9 Å². The molecule has 5 nitrogen and oxygen atoms in total. The van der Waals surface area contributed by atoms with Crippen LogP contribution in [0.2, 0.25) is 0 Å². The summed E-state index contributed by atoms with van der Waals surface area (Å²) in [6, 6.07) is 22.1. The van der Waals surface area contributed by atoms with Crippen LogP contribution in [0.25, 0.3) is 21.0 Å². The molecular formula is C25H18FN3O2S. The molecule has 0 saturated carbocycles. The van der Waals surface area contributed by atoms with Crippen LogP contribution in [-0.2, 0) is 11.3 Å². The number of amides is 1. The molecule has 2 aromatic heterocycles. The minimum atomic E-state index is -0.411. The number of aromatic nitrogens is 2. The molecule has 0 bridgehead atoms. The average molecular weight is 444 g/mol. The molecule has 3 aromatic carbocycles. The SMILES string of the molecule is O=C(COc1ccc2ccccc2c1)N(Cc1cccnc1)c1nc2c(F)cccc2s1. The Morgan fingerprint density at radius 2 is 1.88 bits per heavy atom. The van der Waals surface area contributed by atoms with Crippen LogP contribution in [0, 0.1) is 5.82 Å². The molecule has 5 rings (SSSR count). The molecule has 32 heavy (non-hydrogen) atoms. The van der Waals surface area contributed by atoms with Crippen LogP contribution in [0.4, 0.5) is 9.52 Å². The Hall–Kier alpha value is -3.84. The van der Waals surface area contributed by atoms with Crippen molar-refractivity contribution in [2.45, 2.75) is 6.54 Å². The second-order valence-corrected chi connectivity index (χ2v) is 8.23. The van der Waals surface area contributed by atoms with E-state index in [1.54, 1.807) is 24.5 Å². The number of hydrogen-bond acceptors (Lipinski definition) is 5. The summed E-state index contributed by atoms with van der Waals surface area (Å²) in [5.41, 5.74) is 1.10. The zero-order valence-corrected chi connectivity index (χ0v) is 17.8. The highest BCUT2D eigenvalue weighted by Crippen LogP contribution is 2.31. The highest BCUT2D eigenvalue weighted by Gasteiger charge is 2.22. The Bertz CT molecular complexity index is 1400. The fraction of sp³-hybridized carbons (Fsp3) is 0.0800. The topological polar surface area (TPSA) is 55.3 Å². The van der Waals surface area contributed by atoms with Crippen LogP contribution in [0.1, 0.15) is 5.56 Å². The molecule has 0 fully saturated rings. The third-order valence-electron chi connectivity index (χ3n) is 5.04. The second-order valence-electron chi connectivity index (χ2n) is 7.22. The van der Waals surface area contributed by atoms with Gasteiger partial charge in [-0.25, -0.2) is 9.37 Å². The van der Waals surface area contributed by atoms with Gasteiger partial charge in [0, 0.05) is 12.4 Å². The van der Waals surface area contributed by atoms with Crippen LogP contribution in [-0.4, -0.2) is 22.5 Å². The van der Waals surface area contributed by atoms with Crippen LogP contribution in [0.3, 0.4) is 0 Å². The van der Waals surface area contributed by atoms with E-state index in [1.807, 2.05) is 54.6 Å². The minimum absolute atomic E-state index is 0.170. The highest BCUT2D eigenvalue weighted by atomic mass is 32.1. The standard InChI is InChI=1S/C25H18FN3O2S/c26-21-8-3-9-22-24(21)28-25(32-22)29(15-17-5-4-12-27-14-17)23(30)16-31-20-11-10-18-6-1-2-7-19(18)13-20/h1-14H,15-16H2. The van der Waals surface area contributed by atoms with E-state index in [9.17, 15) is 9.18 Å². The van der Waals surface area contributed by atoms with E-state index < -0.39 is 5.82 Å². The van der Waals surface area contributed by atoms with Gasteiger partial charge in [-0.05, 0) is 46.7 Å². The maximum atomic E-state index is 14.2. The number of rotatable bonds is 6. The van der Waals surface area contributed by atoms with Crippen molar-refractivity contribution in [1.29, 1.82) is 0 Å². The lowest BCUT2D eigenvalue weighted by atomic mass is 10.1. The maximum Gasteiger partial charge on any atom is 0.267 e. The first-order chi connectivity index (χ1) is 15.7. The number of pyridine rings is 1. The molecule has 2 heterocycles. The average Bonchev–Trinajstić information content (AvgIpc) is 3.27. The predicted octanol–water partition coefficient (Wildman–Crippen LogP) is 5.60. The molecule has 0 unspecified atom stereocenters. The quantitative estimate of drug-likeness (QED) is 0.343. The lowest BCUT2D eigenvalue weighted by molar-refractivity contribution is -0.120. The van der Waals surface area contributed by atoms with Gasteiger partial charge >= 0.3 is 0 Å². The molecule has 0 saturated heterocycles. The molecule has 0 spiro atoms. The van der Waals surface area contributed by atoms with Gasteiger partial charge < -0.3 is 4.74 Å². The smallest absolute Gasteiger partial charge is 0.267 e. The van der Waals surface area contributed by atoms with Crippen LogP contribution in [0.5, 0.6) is 5.75 Å². The molecule has 0 aliphatic heterocycles. The van der Waals surface area contributed by atoms with Crippen LogP contribution >= 0.6 is 11.3 Å². The molecule has 7 heteroatoms. The van der Waals surface area contributed by atoms with E-state index in [2.05, 4.69) is 9.97 Å². The van der Waals surface area contributed by atoms with Gasteiger partial charge in [0.05, 0.1) is 11.2 Å². The molecule has 0 N–H and O–H groups in total. The summed E-state index contributed by atoms with van der Waals surface area (Å²) in [4.78, 5) is 23.2. The Morgan fingerprint density at radius 1 is 1.00 bits per heavy atom. The number of anilines is 1. The minimum Gasteiger partial charge on any atom is -0.484 e. The van der Waals surface area contributed by atoms with Crippen molar-refractivity contribution in [1.82, 2.24) is 9.97 Å². The van der Waals surface area contributed by atoms with E-state index in [0.29, 0.717) is 15.6 Å². The number of fused-ring (bicyclic) bond motifs is 2. The molecule has 0 atom stereocenters. The van der Waals surface area contributed by atoms with Crippen LogP contribution in [0.15, 0.2) is 85.2 Å². The fourth-order valence-corrected chi connectivity index (χ4v) is 4.43. The molecule has 0 aliphatic rings. The van der Waals surface area contributed by atoms with E-state index in [-0.39, 0.29) is 24.6 Å². The van der Waals surface area contributed by atoms with Gasteiger partial charge in [0.15, 0.2) is 11.7 Å². The summed E-state index contributed by atoms with van der Waals surface area (Å²) in [6.07, 6.45) is 3.37. The van der Waals surface area contributed by atoms with Gasteiger partial charge in [0.2, 0.25) is 0 Å². The monoisotopic (exact) mass is 443 g/mol. The van der Waals surface area contributed by atoms with E-state index in [4.69, 9.17) is 4.74 Å². The van der Waals surface area contributed by atoms with Crippen molar-refractivity contribution in [3.05, 3.63) is 96.6 Å². The van der Waals surface area contributed by atoms with Crippen molar-refractivity contribution in [3.8, 4) is 5.75 Å². The number of carbonyl (C=O) groups is 1. The molecular weight excluding hydrogens is 425 g/mol. The van der Waals surface area contributed by atoms with E-state index >= 15 is 0 Å². The summed E-state index contributed by atoms with van der Waals surface area (Å²) >= 11 is 1.27. The van der Waals surface area contributed by atoms with Crippen molar-refractivity contribution in [2.24, 2.45) is 0 Å². The van der Waals surface area contributed by atoms with Gasteiger partial charge in [0.25, 0.3) is 5.91 Å². The van der Waals surface area contributed by atoms with E-state index in [1.165, 1.54) is 22.3 Å². The molecule has 0 radical (unpaired) electrons. The molecule has 5 aromatic rings. The molecule has 1 amide bonds. The van der Waals surface area contributed by atoms with Gasteiger partial charge in [-0.3, -0.25) is 14.7 Å². The predicted molar refractivity (Wildman–Crippen MR) is 124 cm³/mol. The van der Waals surface area contributed by atoms with Gasteiger partial charge in [-0.2, -0.15) is 0 Å². The first-order valence-electron chi connectivity index (χ1n) is 10.0. The number of benzene rings is 3. The summed E-state index contributed by atoms with van der Waals surface area (Å²) < 4.78 is 20.7. The third kappa shape index (κ3) is 4.15. The Balaban J connectivity index is 1.41. The zero-order valence-electron chi connectivity index (χ0n) is 16.9. The fourth-order valence-electron chi connectivity index (χ4n) is 3.44. The summed E-state index contributed by atoms with van der Waals surface area (Å²) in [6.45, 7) is 0.0895. The number of carbonyl (C=O) groups excluding carboxylic acids is 1.